The molecule has 1 aromatic carbocycles. The van der Waals surface area contributed by atoms with Crippen molar-refractivity contribution in [3.05, 3.63) is 58.2 Å². The minimum atomic E-state index is -0.0222. The van der Waals surface area contributed by atoms with E-state index >= 15 is 0 Å². The highest BCUT2D eigenvalue weighted by Gasteiger charge is 2.26. The van der Waals surface area contributed by atoms with E-state index in [-0.39, 0.29) is 5.91 Å². The van der Waals surface area contributed by atoms with Gasteiger partial charge in [-0.3, -0.25) is 9.69 Å². The maximum Gasteiger partial charge on any atom is 0.251 e. The first-order valence-electron chi connectivity index (χ1n) is 9.54. The van der Waals surface area contributed by atoms with Crippen molar-refractivity contribution in [1.82, 2.24) is 20.2 Å². The van der Waals surface area contributed by atoms with Crippen molar-refractivity contribution in [2.75, 3.05) is 13.6 Å². The molecule has 0 unspecified atom stereocenters. The second-order valence-corrected chi connectivity index (χ2v) is 7.49. The smallest absolute Gasteiger partial charge is 0.251 e. The molecule has 26 heavy (non-hydrogen) atoms. The molecule has 2 heterocycles. The van der Waals surface area contributed by atoms with Gasteiger partial charge in [0.2, 0.25) is 0 Å². The molecule has 1 fully saturated rings. The maximum atomic E-state index is 12.6. The van der Waals surface area contributed by atoms with E-state index in [0.717, 1.165) is 48.5 Å². The Bertz CT molecular complexity index is 833. The van der Waals surface area contributed by atoms with Gasteiger partial charge >= 0.3 is 0 Å². The third-order valence-electron chi connectivity index (χ3n) is 5.65. The fourth-order valence-corrected chi connectivity index (χ4v) is 4.18. The van der Waals surface area contributed by atoms with E-state index < -0.39 is 0 Å². The van der Waals surface area contributed by atoms with Gasteiger partial charge in [0.25, 0.3) is 5.91 Å². The summed E-state index contributed by atoms with van der Waals surface area (Å²) >= 11 is 0. The van der Waals surface area contributed by atoms with Gasteiger partial charge in [-0.15, -0.1) is 0 Å². The van der Waals surface area contributed by atoms with E-state index in [1.165, 1.54) is 24.0 Å². The van der Waals surface area contributed by atoms with E-state index in [2.05, 4.69) is 34.4 Å². The van der Waals surface area contributed by atoms with Gasteiger partial charge in [-0.1, -0.05) is 6.07 Å². The predicted octanol–water partition coefficient (Wildman–Crippen LogP) is 2.97. The molecule has 1 N–H and O–H groups in total. The predicted molar refractivity (Wildman–Crippen MR) is 101 cm³/mol. The van der Waals surface area contributed by atoms with Crippen LogP contribution in [0.3, 0.4) is 0 Å². The van der Waals surface area contributed by atoms with Crippen molar-refractivity contribution in [3.63, 3.8) is 0 Å². The summed E-state index contributed by atoms with van der Waals surface area (Å²) in [6, 6.07) is 6.42. The monoisotopic (exact) mass is 350 g/mol. The number of aryl methyl sites for hydroxylation is 3. The Kier molecular flexibility index (Phi) is 4.72. The molecule has 0 spiro atoms. The van der Waals surface area contributed by atoms with Crippen molar-refractivity contribution in [1.29, 1.82) is 0 Å². The molecule has 1 atom stereocenters. The SMILES string of the molecule is Cc1ncc(CNC(=O)c2ccc3c(c2)CCC3)c([C@@H]2CCCN2C)n1. The second kappa shape index (κ2) is 7.16. The number of carbonyl (C=O) groups is 1. The van der Waals surface area contributed by atoms with E-state index in [4.69, 9.17) is 4.98 Å². The molecule has 1 aliphatic carbocycles. The van der Waals surface area contributed by atoms with Crippen LogP contribution in [0.2, 0.25) is 0 Å². The number of hydrogen-bond acceptors (Lipinski definition) is 4. The zero-order valence-corrected chi connectivity index (χ0v) is 15.6. The van der Waals surface area contributed by atoms with Gasteiger partial charge in [-0.25, -0.2) is 9.97 Å². The third kappa shape index (κ3) is 3.36. The van der Waals surface area contributed by atoms with Crippen molar-refractivity contribution in [3.8, 4) is 0 Å². The number of rotatable bonds is 4. The number of likely N-dealkylation sites (tertiary alicyclic amines) is 1. The molecule has 2 aromatic rings. The van der Waals surface area contributed by atoms with Gasteiger partial charge in [-0.2, -0.15) is 0 Å². The van der Waals surface area contributed by atoms with E-state index in [1.54, 1.807) is 0 Å². The summed E-state index contributed by atoms with van der Waals surface area (Å²) in [5.41, 5.74) is 5.54. The molecule has 5 nitrogen and oxygen atoms in total. The van der Waals surface area contributed by atoms with Crippen molar-refractivity contribution in [2.45, 2.75) is 51.6 Å². The molecule has 2 aliphatic rings. The first-order chi connectivity index (χ1) is 12.6. The zero-order chi connectivity index (χ0) is 18.1. The summed E-state index contributed by atoms with van der Waals surface area (Å²) in [5, 5.41) is 3.07. The summed E-state index contributed by atoms with van der Waals surface area (Å²) in [4.78, 5) is 24.0. The molecule has 136 valence electrons. The standard InChI is InChI=1S/C21H26N4O/c1-14-22-12-18(20(24-14)19-7-4-10-25(19)2)13-23-21(26)17-9-8-15-5-3-6-16(15)11-17/h8-9,11-12,19H,3-7,10,13H2,1-2H3,(H,23,26)/t19-/m0/s1. The van der Waals surface area contributed by atoms with Crippen LogP contribution >= 0.6 is 0 Å². The molecule has 1 aliphatic heterocycles. The first-order valence-corrected chi connectivity index (χ1v) is 9.54. The Morgan fingerprint density at radius 3 is 2.92 bits per heavy atom. The molecular weight excluding hydrogens is 324 g/mol. The van der Waals surface area contributed by atoms with Gasteiger partial charge < -0.3 is 5.32 Å². The summed E-state index contributed by atoms with van der Waals surface area (Å²) < 4.78 is 0. The minimum absolute atomic E-state index is 0.0222. The summed E-state index contributed by atoms with van der Waals surface area (Å²) in [6.45, 7) is 3.48. The lowest BCUT2D eigenvalue weighted by Gasteiger charge is -2.21. The molecule has 0 saturated carbocycles. The van der Waals surface area contributed by atoms with Crippen LogP contribution in [0, 0.1) is 6.92 Å². The summed E-state index contributed by atoms with van der Waals surface area (Å²) in [6.07, 6.45) is 7.58. The van der Waals surface area contributed by atoms with Crippen LogP contribution in [0.4, 0.5) is 0 Å². The molecule has 5 heteroatoms. The number of hydrogen-bond donors (Lipinski definition) is 1. The lowest BCUT2D eigenvalue weighted by molar-refractivity contribution is 0.0950. The van der Waals surface area contributed by atoms with Gasteiger partial charge in [-0.05, 0) is 75.9 Å². The van der Waals surface area contributed by atoms with Crippen LogP contribution in [-0.4, -0.2) is 34.4 Å². The maximum absolute atomic E-state index is 12.6. The number of fused-ring (bicyclic) bond motifs is 1. The second-order valence-electron chi connectivity index (χ2n) is 7.49. The number of aromatic nitrogens is 2. The first kappa shape index (κ1) is 17.2. The number of nitrogens with zero attached hydrogens (tertiary/aromatic N) is 3. The zero-order valence-electron chi connectivity index (χ0n) is 15.6. The fraction of sp³-hybridized carbons (Fsp3) is 0.476. The highest BCUT2D eigenvalue weighted by atomic mass is 16.1. The minimum Gasteiger partial charge on any atom is -0.348 e. The molecule has 1 saturated heterocycles. The summed E-state index contributed by atoms with van der Waals surface area (Å²) in [5.74, 6) is 0.764. The fourth-order valence-electron chi connectivity index (χ4n) is 4.18. The number of nitrogens with one attached hydrogen (secondary N) is 1. The lowest BCUT2D eigenvalue weighted by atomic mass is 10.0. The highest BCUT2D eigenvalue weighted by molar-refractivity contribution is 5.94. The Morgan fingerprint density at radius 1 is 1.27 bits per heavy atom. The van der Waals surface area contributed by atoms with Crippen molar-refractivity contribution in [2.24, 2.45) is 0 Å². The van der Waals surface area contributed by atoms with Crippen LogP contribution < -0.4 is 5.32 Å². The Balaban J connectivity index is 1.50. The van der Waals surface area contributed by atoms with Gasteiger partial charge in [0.15, 0.2) is 0 Å². The van der Waals surface area contributed by atoms with E-state index in [0.29, 0.717) is 12.6 Å². The largest absolute Gasteiger partial charge is 0.348 e. The molecule has 0 radical (unpaired) electrons. The summed E-state index contributed by atoms with van der Waals surface area (Å²) in [7, 11) is 2.14. The van der Waals surface area contributed by atoms with Crippen molar-refractivity contribution >= 4 is 5.91 Å². The van der Waals surface area contributed by atoms with Crippen LogP contribution in [0.25, 0.3) is 0 Å². The molecule has 0 bridgehead atoms. The van der Waals surface area contributed by atoms with Crippen LogP contribution in [0.15, 0.2) is 24.4 Å². The molecule has 4 rings (SSSR count). The molecular formula is C21H26N4O. The van der Waals surface area contributed by atoms with Gasteiger partial charge in [0.05, 0.1) is 11.7 Å². The molecule has 1 aromatic heterocycles. The topological polar surface area (TPSA) is 58.1 Å². The Morgan fingerprint density at radius 2 is 2.12 bits per heavy atom. The third-order valence-corrected chi connectivity index (χ3v) is 5.65. The van der Waals surface area contributed by atoms with Crippen molar-refractivity contribution < 1.29 is 4.79 Å². The average Bonchev–Trinajstić information content (AvgIpc) is 3.28. The normalized spacial score (nSPS) is 19.5. The average molecular weight is 350 g/mol. The molecule has 1 amide bonds. The number of carbonyl (C=O) groups excluding carboxylic acids is 1. The Labute approximate surface area is 154 Å². The van der Waals surface area contributed by atoms with Gasteiger partial charge in [0.1, 0.15) is 5.82 Å². The van der Waals surface area contributed by atoms with Crippen LogP contribution in [-0.2, 0) is 19.4 Å². The quantitative estimate of drug-likeness (QED) is 0.921. The Hall–Kier alpha value is -2.27. The van der Waals surface area contributed by atoms with E-state index in [1.807, 2.05) is 19.2 Å². The number of amides is 1. The highest BCUT2D eigenvalue weighted by Crippen LogP contribution is 2.31. The lowest BCUT2D eigenvalue weighted by Crippen LogP contribution is -2.26. The number of benzene rings is 1. The van der Waals surface area contributed by atoms with Gasteiger partial charge in [0, 0.05) is 23.9 Å². The van der Waals surface area contributed by atoms with Crippen LogP contribution in [0.1, 0.15) is 63.9 Å². The van der Waals surface area contributed by atoms with E-state index in [9.17, 15) is 4.79 Å². The van der Waals surface area contributed by atoms with Crippen LogP contribution in [0.5, 0.6) is 0 Å².